The van der Waals surface area contributed by atoms with E-state index in [1.165, 1.54) is 0 Å². The molecule has 21 heavy (non-hydrogen) atoms. The first-order valence-corrected chi connectivity index (χ1v) is 7.43. The summed E-state index contributed by atoms with van der Waals surface area (Å²) in [5.74, 6) is -0.152. The van der Waals surface area contributed by atoms with Gasteiger partial charge in [0.1, 0.15) is 0 Å². The second kappa shape index (κ2) is 6.91. The highest BCUT2D eigenvalue weighted by atomic mass is 16.5. The first-order chi connectivity index (χ1) is 10.0. The molecule has 0 aromatic heterocycles. The number of carbonyl (C=O) groups is 1. The fourth-order valence-corrected chi connectivity index (χ4v) is 2.32. The highest BCUT2D eigenvalue weighted by molar-refractivity contribution is 5.94. The van der Waals surface area contributed by atoms with Crippen LogP contribution in [0, 0.1) is 0 Å². The van der Waals surface area contributed by atoms with Gasteiger partial charge in [0.25, 0.3) is 5.91 Å². The molecule has 0 bridgehead atoms. The third kappa shape index (κ3) is 4.19. The average Bonchev–Trinajstić information content (AvgIpc) is 2.53. The van der Waals surface area contributed by atoms with Crippen LogP contribution in [0.3, 0.4) is 0 Å². The van der Waals surface area contributed by atoms with Crippen LogP contribution >= 0.6 is 0 Å². The van der Waals surface area contributed by atoms with Crippen molar-refractivity contribution in [1.29, 1.82) is 0 Å². The predicted octanol–water partition coefficient (Wildman–Crippen LogP) is 1.41. The fraction of sp³-hybridized carbons (Fsp3) is 0.562. The van der Waals surface area contributed by atoms with Gasteiger partial charge in [0.05, 0.1) is 5.60 Å². The van der Waals surface area contributed by atoms with Crippen molar-refractivity contribution in [3.63, 3.8) is 0 Å². The highest BCUT2D eigenvalue weighted by Crippen LogP contribution is 2.19. The number of nitrogens with zero attached hydrogens (tertiary/aromatic N) is 1. The Balaban J connectivity index is 1.91. The molecule has 0 radical (unpaired) electrons. The van der Waals surface area contributed by atoms with Crippen LogP contribution in [-0.4, -0.2) is 50.0 Å². The number of carbonyl (C=O) groups excluding carboxylic acids is 1. The van der Waals surface area contributed by atoms with E-state index in [1.807, 2.05) is 31.3 Å². The summed E-state index contributed by atoms with van der Waals surface area (Å²) in [7, 11) is 2.01. The van der Waals surface area contributed by atoms with Crippen LogP contribution in [0.5, 0.6) is 0 Å². The molecule has 1 saturated heterocycles. The largest absolute Gasteiger partial charge is 0.388 e. The number of aliphatic hydroxyl groups is 1. The molecule has 1 aliphatic rings. The van der Waals surface area contributed by atoms with Gasteiger partial charge in [0.2, 0.25) is 0 Å². The van der Waals surface area contributed by atoms with E-state index in [4.69, 9.17) is 4.74 Å². The number of rotatable bonds is 5. The molecule has 1 amide bonds. The van der Waals surface area contributed by atoms with Crippen molar-refractivity contribution >= 4 is 11.6 Å². The summed E-state index contributed by atoms with van der Waals surface area (Å²) in [6.45, 7) is 4.36. The van der Waals surface area contributed by atoms with Crippen LogP contribution in [-0.2, 0) is 4.74 Å². The molecule has 2 N–H and O–H groups in total. The molecular weight excluding hydrogens is 268 g/mol. The van der Waals surface area contributed by atoms with Gasteiger partial charge >= 0.3 is 0 Å². The first-order valence-electron chi connectivity index (χ1n) is 7.43. The minimum Gasteiger partial charge on any atom is -0.388 e. The predicted molar refractivity (Wildman–Crippen MR) is 82.7 cm³/mol. The Morgan fingerprint density at radius 2 is 1.95 bits per heavy atom. The summed E-state index contributed by atoms with van der Waals surface area (Å²) in [6.07, 6.45) is 1.13. The summed E-state index contributed by atoms with van der Waals surface area (Å²) in [6, 6.07) is 7.48. The van der Waals surface area contributed by atoms with E-state index in [2.05, 4.69) is 17.1 Å². The Hall–Kier alpha value is -1.59. The fourth-order valence-electron chi connectivity index (χ4n) is 2.32. The van der Waals surface area contributed by atoms with E-state index >= 15 is 0 Å². The van der Waals surface area contributed by atoms with Crippen molar-refractivity contribution in [3.05, 3.63) is 29.8 Å². The molecule has 116 valence electrons. The van der Waals surface area contributed by atoms with E-state index in [0.717, 1.165) is 12.2 Å². The van der Waals surface area contributed by atoms with Crippen molar-refractivity contribution in [3.8, 4) is 0 Å². The molecule has 1 fully saturated rings. The van der Waals surface area contributed by atoms with Crippen LogP contribution in [0.25, 0.3) is 0 Å². The van der Waals surface area contributed by atoms with Gasteiger partial charge in [0.15, 0.2) is 0 Å². The van der Waals surface area contributed by atoms with Gasteiger partial charge in [-0.15, -0.1) is 0 Å². The van der Waals surface area contributed by atoms with Crippen molar-refractivity contribution in [1.82, 2.24) is 5.32 Å². The summed E-state index contributed by atoms with van der Waals surface area (Å²) in [4.78, 5) is 14.2. The maximum atomic E-state index is 12.1. The maximum absolute atomic E-state index is 12.1. The Morgan fingerprint density at radius 3 is 2.52 bits per heavy atom. The SMILES string of the molecule is CCN(C)c1ccc(C(=O)NCC2(O)CCOCC2)cc1. The van der Waals surface area contributed by atoms with Crippen LogP contribution < -0.4 is 10.2 Å². The lowest BCUT2D eigenvalue weighted by atomic mass is 9.94. The van der Waals surface area contributed by atoms with Gasteiger partial charge in [0, 0.05) is 57.4 Å². The lowest BCUT2D eigenvalue weighted by molar-refractivity contribution is -0.0605. The van der Waals surface area contributed by atoms with E-state index in [1.54, 1.807) is 0 Å². The number of hydrogen-bond donors (Lipinski definition) is 2. The third-order valence-corrected chi connectivity index (χ3v) is 4.05. The van der Waals surface area contributed by atoms with E-state index < -0.39 is 5.60 Å². The van der Waals surface area contributed by atoms with Crippen molar-refractivity contribution < 1.29 is 14.6 Å². The lowest BCUT2D eigenvalue weighted by Gasteiger charge is -2.32. The second-order valence-electron chi connectivity index (χ2n) is 5.58. The van der Waals surface area contributed by atoms with Crippen molar-refractivity contribution in [2.24, 2.45) is 0 Å². The standard InChI is InChI=1S/C16H24N2O3/c1-3-18(2)14-6-4-13(5-7-14)15(19)17-12-16(20)8-10-21-11-9-16/h4-7,20H,3,8-12H2,1-2H3,(H,17,19). The summed E-state index contributed by atoms with van der Waals surface area (Å²) in [5.41, 5.74) is 0.854. The zero-order valence-electron chi connectivity index (χ0n) is 12.8. The molecule has 5 nitrogen and oxygen atoms in total. The van der Waals surface area contributed by atoms with E-state index in [-0.39, 0.29) is 12.5 Å². The molecule has 0 saturated carbocycles. The molecule has 1 aliphatic heterocycles. The van der Waals surface area contributed by atoms with Crippen molar-refractivity contribution in [2.45, 2.75) is 25.4 Å². The third-order valence-electron chi connectivity index (χ3n) is 4.05. The summed E-state index contributed by atoms with van der Waals surface area (Å²) < 4.78 is 5.23. The number of benzene rings is 1. The van der Waals surface area contributed by atoms with Gasteiger partial charge < -0.3 is 20.1 Å². The smallest absolute Gasteiger partial charge is 0.251 e. The highest BCUT2D eigenvalue weighted by Gasteiger charge is 2.30. The van der Waals surface area contributed by atoms with Gasteiger partial charge in [-0.05, 0) is 31.2 Å². The Bertz CT molecular complexity index is 467. The molecule has 0 aliphatic carbocycles. The summed E-state index contributed by atoms with van der Waals surface area (Å²) in [5, 5.41) is 13.1. The van der Waals surface area contributed by atoms with Crippen molar-refractivity contribution in [2.75, 3.05) is 38.3 Å². The van der Waals surface area contributed by atoms with Crippen LogP contribution in [0.15, 0.2) is 24.3 Å². The Morgan fingerprint density at radius 1 is 1.33 bits per heavy atom. The Labute approximate surface area is 125 Å². The van der Waals surface area contributed by atoms with E-state index in [9.17, 15) is 9.90 Å². The van der Waals surface area contributed by atoms with Gasteiger partial charge in [-0.2, -0.15) is 0 Å². The zero-order valence-corrected chi connectivity index (χ0v) is 12.8. The quantitative estimate of drug-likeness (QED) is 0.861. The van der Waals surface area contributed by atoms with Gasteiger partial charge in [-0.1, -0.05) is 0 Å². The second-order valence-corrected chi connectivity index (χ2v) is 5.58. The molecule has 0 atom stereocenters. The van der Waals surface area contributed by atoms with Crippen LogP contribution in [0.2, 0.25) is 0 Å². The van der Waals surface area contributed by atoms with Gasteiger partial charge in [-0.3, -0.25) is 4.79 Å². The van der Waals surface area contributed by atoms with E-state index in [0.29, 0.717) is 31.6 Å². The average molecular weight is 292 g/mol. The number of hydrogen-bond acceptors (Lipinski definition) is 4. The molecule has 0 unspecified atom stereocenters. The minimum absolute atomic E-state index is 0.152. The zero-order chi connectivity index (χ0) is 15.3. The molecule has 1 aromatic carbocycles. The van der Waals surface area contributed by atoms with Gasteiger partial charge in [-0.25, -0.2) is 0 Å². The van der Waals surface area contributed by atoms with Crippen LogP contribution in [0.1, 0.15) is 30.1 Å². The molecule has 2 rings (SSSR count). The number of nitrogens with one attached hydrogen (secondary N) is 1. The molecule has 5 heteroatoms. The first kappa shape index (κ1) is 15.8. The number of amides is 1. The maximum Gasteiger partial charge on any atom is 0.251 e. The molecule has 1 heterocycles. The normalized spacial score (nSPS) is 17.3. The molecule has 1 aromatic rings. The molecule has 0 spiro atoms. The topological polar surface area (TPSA) is 61.8 Å². The minimum atomic E-state index is -0.837. The lowest BCUT2D eigenvalue weighted by Crippen LogP contribution is -2.46. The Kier molecular flexibility index (Phi) is 5.20. The monoisotopic (exact) mass is 292 g/mol. The summed E-state index contributed by atoms with van der Waals surface area (Å²) >= 11 is 0. The van der Waals surface area contributed by atoms with Crippen LogP contribution in [0.4, 0.5) is 5.69 Å². The number of ether oxygens (including phenoxy) is 1. The number of anilines is 1. The molecular formula is C16H24N2O3.